The Morgan fingerprint density at radius 3 is 2.77 bits per heavy atom. The zero-order chi connectivity index (χ0) is 25.3. The number of benzene rings is 1. The van der Waals surface area contributed by atoms with Crippen LogP contribution in [0.4, 0.5) is 28.3 Å². The summed E-state index contributed by atoms with van der Waals surface area (Å²) in [6, 6.07) is 2.42. The largest absolute Gasteiger partial charge is 0.494 e. The Morgan fingerprint density at radius 2 is 2.06 bits per heavy atom. The second-order valence-corrected chi connectivity index (χ2v) is 9.02. The zero-order valence-electron chi connectivity index (χ0n) is 19.7. The van der Waals surface area contributed by atoms with Gasteiger partial charge in [-0.15, -0.1) is 0 Å². The maximum absolute atomic E-state index is 13.9. The van der Waals surface area contributed by atoms with Gasteiger partial charge in [-0.2, -0.15) is 13.2 Å². The molecule has 0 unspecified atom stereocenters. The van der Waals surface area contributed by atoms with Crippen molar-refractivity contribution in [3.8, 4) is 5.75 Å². The highest BCUT2D eigenvalue weighted by molar-refractivity contribution is 5.75. The van der Waals surface area contributed by atoms with E-state index in [-0.39, 0.29) is 36.2 Å². The summed E-state index contributed by atoms with van der Waals surface area (Å²) in [5, 5.41) is 5.35. The average molecular weight is 497 g/mol. The summed E-state index contributed by atoms with van der Waals surface area (Å²) in [6.45, 7) is 2.89. The molecule has 2 aromatic rings. The van der Waals surface area contributed by atoms with Crippen molar-refractivity contribution in [2.24, 2.45) is 0 Å². The number of fused-ring (bicyclic) bond motifs is 1. The van der Waals surface area contributed by atoms with Crippen LogP contribution < -0.4 is 15.4 Å². The summed E-state index contributed by atoms with van der Waals surface area (Å²) in [7, 11) is 3.36. The fraction of sp³-hybridized carbons (Fsp3) is 0.522. The van der Waals surface area contributed by atoms with Crippen molar-refractivity contribution in [1.29, 1.82) is 0 Å². The molecule has 0 bridgehead atoms. The second kappa shape index (κ2) is 9.84. The van der Waals surface area contributed by atoms with Gasteiger partial charge in [-0.05, 0) is 43.7 Å². The lowest BCUT2D eigenvalue weighted by atomic mass is 9.94. The molecule has 1 saturated heterocycles. The van der Waals surface area contributed by atoms with Gasteiger partial charge in [0, 0.05) is 31.7 Å². The van der Waals surface area contributed by atoms with E-state index in [1.54, 1.807) is 17.0 Å². The Labute approximate surface area is 200 Å². The number of carbonyl (C=O) groups excluding carboxylic acids is 1. The number of methoxy groups -OCH3 is 1. The van der Waals surface area contributed by atoms with E-state index in [0.29, 0.717) is 31.7 Å². The first-order valence-electron chi connectivity index (χ1n) is 11.3. The monoisotopic (exact) mass is 496 g/mol. The van der Waals surface area contributed by atoms with E-state index >= 15 is 0 Å². The predicted octanol–water partition coefficient (Wildman–Crippen LogP) is 3.15. The number of aromatic nitrogens is 2. The third-order valence-electron chi connectivity index (χ3n) is 6.48. The number of nitrogens with zero attached hydrogens (tertiary/aromatic N) is 4. The zero-order valence-corrected chi connectivity index (χ0v) is 19.7. The highest BCUT2D eigenvalue weighted by atomic mass is 19.4. The van der Waals surface area contributed by atoms with Gasteiger partial charge in [0.2, 0.25) is 5.95 Å². The first-order chi connectivity index (χ1) is 16.5. The van der Waals surface area contributed by atoms with E-state index in [9.17, 15) is 22.4 Å². The third-order valence-corrected chi connectivity index (χ3v) is 6.48. The van der Waals surface area contributed by atoms with Crippen molar-refractivity contribution >= 4 is 12.0 Å². The van der Waals surface area contributed by atoms with Crippen LogP contribution in [0.15, 0.2) is 24.4 Å². The maximum atomic E-state index is 13.9. The van der Waals surface area contributed by atoms with Gasteiger partial charge in [0.15, 0.2) is 11.6 Å². The van der Waals surface area contributed by atoms with E-state index in [2.05, 4.69) is 25.5 Å². The number of hydrogen-bond donors (Lipinski definition) is 2. The lowest BCUT2D eigenvalue weighted by molar-refractivity contribution is -0.138. The number of hydrogen-bond acceptors (Lipinski definition) is 6. The van der Waals surface area contributed by atoms with Crippen LogP contribution in [0.2, 0.25) is 0 Å². The van der Waals surface area contributed by atoms with E-state index in [4.69, 9.17) is 4.74 Å². The number of carbonyl (C=O) groups is 1. The number of likely N-dealkylation sites (tertiary alicyclic amines) is 1. The summed E-state index contributed by atoms with van der Waals surface area (Å²) < 4.78 is 57.6. The van der Waals surface area contributed by atoms with Crippen molar-refractivity contribution < 1.29 is 27.1 Å². The van der Waals surface area contributed by atoms with Crippen molar-refractivity contribution in [2.45, 2.75) is 44.1 Å². The van der Waals surface area contributed by atoms with Crippen molar-refractivity contribution in [2.75, 3.05) is 39.1 Å². The number of rotatable bonds is 5. The van der Waals surface area contributed by atoms with E-state index in [1.807, 2.05) is 7.05 Å². The number of alkyl halides is 3. The molecule has 190 valence electrons. The van der Waals surface area contributed by atoms with Crippen molar-refractivity contribution in [3.05, 3.63) is 47.0 Å². The molecule has 2 N–H and O–H groups in total. The minimum atomic E-state index is -4.43. The quantitative estimate of drug-likeness (QED) is 0.619. The van der Waals surface area contributed by atoms with E-state index in [0.717, 1.165) is 18.1 Å². The highest BCUT2D eigenvalue weighted by Crippen LogP contribution is 2.31. The summed E-state index contributed by atoms with van der Waals surface area (Å²) in [5.74, 6) is -0.481. The van der Waals surface area contributed by atoms with Gasteiger partial charge in [0.1, 0.15) is 6.04 Å². The first-order valence-corrected chi connectivity index (χ1v) is 11.3. The van der Waals surface area contributed by atoms with Crippen molar-refractivity contribution in [1.82, 2.24) is 25.1 Å². The number of likely N-dealkylation sites (N-methyl/N-ethyl adjacent to an activating group) is 1. The Bertz CT molecular complexity index is 1080. The standard InChI is InChI=1S/C23H28F4N6O2/c1-13(23(25,26)27)29-21-28-9-15-6-7-33(12-18(15)30-21)22(34)31-19-11-32(2)10-16(19)14-4-5-17(24)20(8-14)35-3/h4-5,8-9,13,16,19H,6-7,10-12H2,1-3H3,(H,31,34)(H,28,29,30)/t13-,16-,19+/m0/s1. The lowest BCUT2D eigenvalue weighted by Gasteiger charge is -2.31. The highest BCUT2D eigenvalue weighted by Gasteiger charge is 2.37. The molecule has 2 amide bonds. The van der Waals surface area contributed by atoms with Gasteiger partial charge in [-0.25, -0.2) is 19.2 Å². The summed E-state index contributed by atoms with van der Waals surface area (Å²) in [5.41, 5.74) is 2.18. The van der Waals surface area contributed by atoms with Gasteiger partial charge in [-0.1, -0.05) is 6.07 Å². The number of anilines is 1. The molecule has 4 rings (SSSR count). The molecular formula is C23H28F4N6O2. The third kappa shape index (κ3) is 5.58. The number of urea groups is 1. The lowest BCUT2D eigenvalue weighted by Crippen LogP contribution is -2.49. The molecule has 8 nitrogen and oxygen atoms in total. The van der Waals surface area contributed by atoms with Crippen LogP contribution in [0.25, 0.3) is 0 Å². The smallest absolute Gasteiger partial charge is 0.408 e. The predicted molar refractivity (Wildman–Crippen MR) is 121 cm³/mol. The fourth-order valence-corrected chi connectivity index (χ4v) is 4.46. The Morgan fingerprint density at radius 1 is 1.29 bits per heavy atom. The molecule has 1 aromatic heterocycles. The molecule has 1 aromatic carbocycles. The van der Waals surface area contributed by atoms with Gasteiger partial charge in [-0.3, -0.25) is 0 Å². The first kappa shape index (κ1) is 25.0. The minimum absolute atomic E-state index is 0.0579. The van der Waals surface area contributed by atoms with Crippen LogP contribution >= 0.6 is 0 Å². The number of ether oxygens (including phenoxy) is 1. The van der Waals surface area contributed by atoms with Gasteiger partial charge in [0.25, 0.3) is 0 Å². The maximum Gasteiger partial charge on any atom is 0.408 e. The van der Waals surface area contributed by atoms with E-state index < -0.39 is 18.0 Å². The van der Waals surface area contributed by atoms with Gasteiger partial charge < -0.3 is 25.2 Å². The van der Waals surface area contributed by atoms with Crippen LogP contribution in [0.3, 0.4) is 0 Å². The minimum Gasteiger partial charge on any atom is -0.494 e. The number of amides is 2. The average Bonchev–Trinajstić information content (AvgIpc) is 3.18. The van der Waals surface area contributed by atoms with Crippen LogP contribution in [-0.2, 0) is 13.0 Å². The topological polar surface area (TPSA) is 82.6 Å². The Hall–Kier alpha value is -3.15. The molecule has 0 aliphatic carbocycles. The number of halogens is 4. The summed E-state index contributed by atoms with van der Waals surface area (Å²) in [6.07, 6.45) is -2.42. The SMILES string of the molecule is COc1cc([C@@H]2CN(C)C[C@H]2NC(=O)N2CCc3cnc(N[C@@H](C)C(F)(F)F)nc3C2)ccc1F. The second-order valence-electron chi connectivity index (χ2n) is 9.02. The van der Waals surface area contributed by atoms with Gasteiger partial charge >= 0.3 is 12.2 Å². The molecule has 12 heteroatoms. The van der Waals surface area contributed by atoms with E-state index in [1.165, 1.54) is 19.4 Å². The van der Waals surface area contributed by atoms with Gasteiger partial charge in [0.05, 0.1) is 25.4 Å². The molecular weight excluding hydrogens is 468 g/mol. The molecule has 1 fully saturated rings. The normalized spacial score (nSPS) is 21.4. The summed E-state index contributed by atoms with van der Waals surface area (Å²) in [4.78, 5) is 25.0. The molecule has 0 saturated carbocycles. The fourth-order valence-electron chi connectivity index (χ4n) is 4.46. The van der Waals surface area contributed by atoms with Crippen LogP contribution in [0.1, 0.15) is 29.7 Å². The molecule has 3 heterocycles. The molecule has 0 radical (unpaired) electrons. The van der Waals surface area contributed by atoms with Crippen LogP contribution in [0, 0.1) is 5.82 Å². The van der Waals surface area contributed by atoms with Crippen LogP contribution in [-0.4, -0.2) is 77.9 Å². The molecule has 0 spiro atoms. The molecule has 2 aliphatic heterocycles. The van der Waals surface area contributed by atoms with Crippen LogP contribution in [0.5, 0.6) is 5.75 Å². The Kier molecular flexibility index (Phi) is 7.02. The summed E-state index contributed by atoms with van der Waals surface area (Å²) >= 11 is 0. The molecule has 3 atom stereocenters. The molecule has 2 aliphatic rings. The molecule has 35 heavy (non-hydrogen) atoms. The Balaban J connectivity index is 1.44. The van der Waals surface area contributed by atoms with Crippen molar-refractivity contribution in [3.63, 3.8) is 0 Å². The number of nitrogens with one attached hydrogen (secondary N) is 2.